The molecule has 0 aliphatic heterocycles. The quantitative estimate of drug-likeness (QED) is 0.622. The maximum absolute atomic E-state index is 12.5. The van der Waals surface area contributed by atoms with Gasteiger partial charge in [-0.05, 0) is 56.0 Å². The summed E-state index contributed by atoms with van der Waals surface area (Å²) < 4.78 is 37.4. The van der Waals surface area contributed by atoms with Crippen LogP contribution in [0.4, 0.5) is 13.2 Å². The van der Waals surface area contributed by atoms with E-state index >= 15 is 0 Å². The van der Waals surface area contributed by atoms with Crippen LogP contribution in [-0.2, 0) is 6.18 Å². The van der Waals surface area contributed by atoms with Crippen molar-refractivity contribution in [3.05, 3.63) is 35.4 Å². The second-order valence-electron chi connectivity index (χ2n) is 5.20. The van der Waals surface area contributed by atoms with E-state index in [-0.39, 0.29) is 6.04 Å². The molecule has 0 radical (unpaired) electrons. The van der Waals surface area contributed by atoms with Crippen LogP contribution in [0.25, 0.3) is 0 Å². The fourth-order valence-corrected chi connectivity index (χ4v) is 2.61. The molecular weight excluding hydrogens is 295 g/mol. The van der Waals surface area contributed by atoms with Gasteiger partial charge < -0.3 is 5.32 Å². The Labute approximate surface area is 129 Å². The third kappa shape index (κ3) is 7.23. The van der Waals surface area contributed by atoms with E-state index in [4.69, 9.17) is 0 Å². The Morgan fingerprint density at radius 2 is 1.67 bits per heavy atom. The van der Waals surface area contributed by atoms with Gasteiger partial charge in [-0.1, -0.05) is 25.0 Å². The molecule has 0 spiro atoms. The summed E-state index contributed by atoms with van der Waals surface area (Å²) in [7, 11) is 0. The van der Waals surface area contributed by atoms with Crippen LogP contribution in [0.1, 0.15) is 49.8 Å². The van der Waals surface area contributed by atoms with Crippen LogP contribution in [0.5, 0.6) is 0 Å². The van der Waals surface area contributed by atoms with Gasteiger partial charge in [-0.2, -0.15) is 24.9 Å². The van der Waals surface area contributed by atoms with Crippen LogP contribution in [0.15, 0.2) is 24.3 Å². The van der Waals surface area contributed by atoms with Gasteiger partial charge in [0.1, 0.15) is 0 Å². The van der Waals surface area contributed by atoms with Gasteiger partial charge in [-0.15, -0.1) is 0 Å². The van der Waals surface area contributed by atoms with Gasteiger partial charge in [0.2, 0.25) is 0 Å². The van der Waals surface area contributed by atoms with E-state index in [9.17, 15) is 13.2 Å². The molecule has 0 aliphatic carbocycles. The first kappa shape index (κ1) is 18.4. The van der Waals surface area contributed by atoms with Crippen molar-refractivity contribution in [1.82, 2.24) is 5.32 Å². The SMILES string of the molecule is CSCCCCCCNC(C)c1ccc(C(F)(F)F)cc1. The molecule has 0 bridgehead atoms. The van der Waals surface area contributed by atoms with Crippen LogP contribution in [0, 0.1) is 0 Å². The number of hydrogen-bond donors (Lipinski definition) is 1. The molecule has 1 unspecified atom stereocenters. The van der Waals surface area contributed by atoms with Crippen molar-refractivity contribution in [2.75, 3.05) is 18.6 Å². The van der Waals surface area contributed by atoms with E-state index < -0.39 is 11.7 Å². The summed E-state index contributed by atoms with van der Waals surface area (Å²) in [6.45, 7) is 2.89. The van der Waals surface area contributed by atoms with E-state index in [0.717, 1.165) is 30.7 Å². The van der Waals surface area contributed by atoms with Crippen molar-refractivity contribution in [3.8, 4) is 0 Å². The number of halogens is 3. The summed E-state index contributed by atoms with van der Waals surface area (Å²) in [6.07, 6.45) is 2.68. The van der Waals surface area contributed by atoms with Gasteiger partial charge in [0.05, 0.1) is 5.56 Å². The normalized spacial score (nSPS) is 13.4. The number of unbranched alkanes of at least 4 members (excludes halogenated alkanes) is 3. The molecule has 0 heterocycles. The van der Waals surface area contributed by atoms with Crippen molar-refractivity contribution < 1.29 is 13.2 Å². The minimum atomic E-state index is -4.26. The first-order valence-electron chi connectivity index (χ1n) is 7.34. The molecule has 1 aromatic rings. The van der Waals surface area contributed by atoms with Crippen LogP contribution in [0.3, 0.4) is 0 Å². The number of thioether (sulfide) groups is 1. The first-order valence-corrected chi connectivity index (χ1v) is 8.74. The molecule has 1 nitrogen and oxygen atoms in total. The van der Waals surface area contributed by atoms with E-state index in [2.05, 4.69) is 11.6 Å². The standard InChI is InChI=1S/C16H24F3NS/c1-13(20-11-5-3-4-6-12-21-2)14-7-9-15(10-8-14)16(17,18)19/h7-10,13,20H,3-6,11-12H2,1-2H3. The summed E-state index contributed by atoms with van der Waals surface area (Å²) in [6, 6.07) is 5.49. The summed E-state index contributed by atoms with van der Waals surface area (Å²) in [5.74, 6) is 1.22. The van der Waals surface area contributed by atoms with Crippen LogP contribution >= 0.6 is 11.8 Å². The number of benzene rings is 1. The summed E-state index contributed by atoms with van der Waals surface area (Å²) in [5, 5.41) is 3.36. The Morgan fingerprint density at radius 1 is 1.05 bits per heavy atom. The topological polar surface area (TPSA) is 12.0 Å². The highest BCUT2D eigenvalue weighted by Gasteiger charge is 2.30. The Balaban J connectivity index is 2.27. The Bertz CT molecular complexity index is 390. The zero-order chi connectivity index (χ0) is 15.7. The smallest absolute Gasteiger partial charge is 0.310 e. The molecule has 0 saturated carbocycles. The average Bonchev–Trinajstić information content (AvgIpc) is 2.45. The fourth-order valence-electron chi connectivity index (χ4n) is 2.12. The molecule has 1 atom stereocenters. The predicted octanol–water partition coefficient (Wildman–Crippen LogP) is 5.28. The minimum Gasteiger partial charge on any atom is -0.310 e. The van der Waals surface area contributed by atoms with E-state index in [1.165, 1.54) is 25.0 Å². The molecule has 1 rings (SSSR count). The molecule has 0 aliphatic rings. The third-order valence-electron chi connectivity index (χ3n) is 3.46. The van der Waals surface area contributed by atoms with Crippen LogP contribution in [-0.4, -0.2) is 18.6 Å². The summed E-state index contributed by atoms with van der Waals surface area (Å²) >= 11 is 1.87. The van der Waals surface area contributed by atoms with Crippen molar-refractivity contribution >= 4 is 11.8 Å². The van der Waals surface area contributed by atoms with Gasteiger partial charge in [0.25, 0.3) is 0 Å². The fraction of sp³-hybridized carbons (Fsp3) is 0.625. The molecular formula is C16H24F3NS. The zero-order valence-corrected chi connectivity index (χ0v) is 13.5. The molecule has 1 N–H and O–H groups in total. The van der Waals surface area contributed by atoms with Gasteiger partial charge in [0, 0.05) is 6.04 Å². The van der Waals surface area contributed by atoms with Crippen LogP contribution < -0.4 is 5.32 Å². The van der Waals surface area contributed by atoms with Crippen molar-refractivity contribution in [1.29, 1.82) is 0 Å². The lowest BCUT2D eigenvalue weighted by atomic mass is 10.1. The van der Waals surface area contributed by atoms with E-state index in [1.807, 2.05) is 18.7 Å². The molecule has 21 heavy (non-hydrogen) atoms. The molecule has 0 aromatic heterocycles. The van der Waals surface area contributed by atoms with Crippen molar-refractivity contribution in [2.45, 2.75) is 44.8 Å². The molecule has 120 valence electrons. The van der Waals surface area contributed by atoms with Gasteiger partial charge in [-0.25, -0.2) is 0 Å². The van der Waals surface area contributed by atoms with Gasteiger partial charge >= 0.3 is 6.18 Å². The summed E-state index contributed by atoms with van der Waals surface area (Å²) in [4.78, 5) is 0. The second-order valence-corrected chi connectivity index (χ2v) is 6.19. The first-order chi connectivity index (χ1) is 9.95. The highest BCUT2D eigenvalue weighted by atomic mass is 32.2. The Kier molecular flexibility index (Phi) is 8.19. The lowest BCUT2D eigenvalue weighted by molar-refractivity contribution is -0.137. The molecule has 0 fully saturated rings. The minimum absolute atomic E-state index is 0.0819. The number of hydrogen-bond acceptors (Lipinski definition) is 2. The van der Waals surface area contributed by atoms with Gasteiger partial charge in [-0.3, -0.25) is 0 Å². The lowest BCUT2D eigenvalue weighted by Crippen LogP contribution is -2.20. The maximum Gasteiger partial charge on any atom is 0.416 e. The highest BCUT2D eigenvalue weighted by Crippen LogP contribution is 2.29. The number of nitrogens with one attached hydrogen (secondary N) is 1. The monoisotopic (exact) mass is 319 g/mol. The van der Waals surface area contributed by atoms with E-state index in [1.54, 1.807) is 12.1 Å². The second kappa shape index (κ2) is 9.36. The number of alkyl halides is 3. The molecule has 5 heteroatoms. The molecule has 0 amide bonds. The van der Waals surface area contributed by atoms with Crippen molar-refractivity contribution in [3.63, 3.8) is 0 Å². The lowest BCUT2D eigenvalue weighted by Gasteiger charge is -2.15. The number of rotatable bonds is 9. The largest absolute Gasteiger partial charge is 0.416 e. The van der Waals surface area contributed by atoms with Crippen molar-refractivity contribution in [2.24, 2.45) is 0 Å². The average molecular weight is 319 g/mol. The Hall–Kier alpha value is -0.680. The highest BCUT2D eigenvalue weighted by molar-refractivity contribution is 7.98. The zero-order valence-electron chi connectivity index (χ0n) is 12.7. The maximum atomic E-state index is 12.5. The third-order valence-corrected chi connectivity index (χ3v) is 4.16. The van der Waals surface area contributed by atoms with Crippen LogP contribution in [0.2, 0.25) is 0 Å². The predicted molar refractivity (Wildman–Crippen MR) is 84.7 cm³/mol. The summed E-state index contributed by atoms with van der Waals surface area (Å²) in [5.41, 5.74) is 0.303. The Morgan fingerprint density at radius 3 is 2.24 bits per heavy atom. The molecule has 1 aromatic carbocycles. The van der Waals surface area contributed by atoms with Gasteiger partial charge in [0.15, 0.2) is 0 Å². The van der Waals surface area contributed by atoms with E-state index in [0.29, 0.717) is 0 Å². The molecule has 0 saturated heterocycles.